The molecule has 1 rings (SSSR count). The molecule has 3 nitrogen and oxygen atoms in total. The Kier molecular flexibility index (Phi) is 2.69. The molecular weight excluding hydrogens is 152 g/mol. The van der Waals surface area contributed by atoms with Gasteiger partial charge in [0.05, 0.1) is 5.69 Å². The fourth-order valence-electron chi connectivity index (χ4n) is 0.712. The van der Waals surface area contributed by atoms with Crippen LogP contribution in [0.3, 0.4) is 0 Å². The van der Waals surface area contributed by atoms with Gasteiger partial charge in [-0.15, -0.1) is 0 Å². The molecule has 64 valence electrons. The highest BCUT2D eigenvalue weighted by Gasteiger charge is 1.89. The molecule has 0 atom stereocenters. The molecule has 3 heteroatoms. The molecule has 0 bridgehead atoms. The van der Waals surface area contributed by atoms with Crippen molar-refractivity contribution < 1.29 is 5.11 Å². The van der Waals surface area contributed by atoms with Crippen LogP contribution in [0.25, 0.3) is 0 Å². The number of nitrogens with one attached hydrogen (secondary N) is 1. The molecule has 0 unspecified atom stereocenters. The van der Waals surface area contributed by atoms with Gasteiger partial charge in [-0.3, -0.25) is 5.43 Å². The Labute approximate surface area is 71.7 Å². The van der Waals surface area contributed by atoms with Crippen LogP contribution in [-0.4, -0.2) is 10.8 Å². The van der Waals surface area contributed by atoms with Gasteiger partial charge in [-0.2, -0.15) is 5.10 Å². The van der Waals surface area contributed by atoms with Gasteiger partial charge in [-0.1, -0.05) is 0 Å². The predicted octanol–water partition coefficient (Wildman–Crippen LogP) is 2.20. The van der Waals surface area contributed by atoms with Crippen molar-refractivity contribution in [1.82, 2.24) is 0 Å². The predicted molar refractivity (Wildman–Crippen MR) is 50.5 cm³/mol. The molecule has 2 N–H and O–H groups in total. The van der Waals surface area contributed by atoms with E-state index in [-0.39, 0.29) is 5.75 Å². The third kappa shape index (κ3) is 2.62. The summed E-state index contributed by atoms with van der Waals surface area (Å²) in [7, 11) is 0. The summed E-state index contributed by atoms with van der Waals surface area (Å²) in [6, 6.07) is 6.76. The molecule has 0 radical (unpaired) electrons. The second-order valence-corrected chi connectivity index (χ2v) is 2.72. The number of aromatic hydroxyl groups is 1. The summed E-state index contributed by atoms with van der Waals surface area (Å²) in [5.41, 5.74) is 4.68. The van der Waals surface area contributed by atoms with Gasteiger partial charge in [0.25, 0.3) is 0 Å². The maximum absolute atomic E-state index is 8.97. The van der Waals surface area contributed by atoms with E-state index in [4.69, 9.17) is 5.11 Å². The fraction of sp³-hybridized carbons (Fsp3) is 0.222. The lowest BCUT2D eigenvalue weighted by Crippen LogP contribution is -1.91. The second kappa shape index (κ2) is 3.76. The van der Waals surface area contributed by atoms with Gasteiger partial charge in [0.1, 0.15) is 5.75 Å². The summed E-state index contributed by atoms with van der Waals surface area (Å²) in [6.07, 6.45) is 0. The van der Waals surface area contributed by atoms with E-state index in [2.05, 4.69) is 10.5 Å². The van der Waals surface area contributed by atoms with Crippen LogP contribution in [-0.2, 0) is 0 Å². The Morgan fingerprint density at radius 2 is 1.83 bits per heavy atom. The van der Waals surface area contributed by atoms with Crippen molar-refractivity contribution in [1.29, 1.82) is 0 Å². The van der Waals surface area contributed by atoms with E-state index in [1.54, 1.807) is 24.3 Å². The molecule has 0 spiro atoms. The zero-order valence-corrected chi connectivity index (χ0v) is 7.20. The van der Waals surface area contributed by atoms with Crippen LogP contribution in [0, 0.1) is 0 Å². The highest BCUT2D eigenvalue weighted by Crippen LogP contribution is 2.13. The van der Waals surface area contributed by atoms with E-state index in [1.165, 1.54) is 0 Å². The molecule has 0 aliphatic carbocycles. The summed E-state index contributed by atoms with van der Waals surface area (Å²) in [6.45, 7) is 3.82. The molecular formula is C9H12N2O. The lowest BCUT2D eigenvalue weighted by atomic mass is 10.3. The maximum atomic E-state index is 8.97. The van der Waals surface area contributed by atoms with Crippen molar-refractivity contribution in [2.45, 2.75) is 13.8 Å². The van der Waals surface area contributed by atoms with Gasteiger partial charge >= 0.3 is 0 Å². The number of anilines is 1. The molecule has 1 aromatic carbocycles. The number of nitrogens with zero attached hydrogens (tertiary/aromatic N) is 1. The van der Waals surface area contributed by atoms with Crippen LogP contribution in [0.4, 0.5) is 5.69 Å². The Hall–Kier alpha value is -1.51. The van der Waals surface area contributed by atoms with Gasteiger partial charge in [0.2, 0.25) is 0 Å². The fourth-order valence-corrected chi connectivity index (χ4v) is 0.712. The number of hydrogen-bond donors (Lipinski definition) is 2. The zero-order chi connectivity index (χ0) is 8.97. The summed E-state index contributed by atoms with van der Waals surface area (Å²) >= 11 is 0. The lowest BCUT2D eigenvalue weighted by molar-refractivity contribution is 0.475. The molecule has 0 amide bonds. The molecule has 0 heterocycles. The Morgan fingerprint density at radius 1 is 1.25 bits per heavy atom. The molecule has 0 saturated carbocycles. The van der Waals surface area contributed by atoms with Crippen molar-refractivity contribution in [2.75, 3.05) is 5.43 Å². The lowest BCUT2D eigenvalue weighted by Gasteiger charge is -1.99. The van der Waals surface area contributed by atoms with Crippen molar-refractivity contribution in [3.8, 4) is 5.75 Å². The topological polar surface area (TPSA) is 44.6 Å². The molecule has 1 aromatic rings. The van der Waals surface area contributed by atoms with Crippen LogP contribution in [0.15, 0.2) is 29.4 Å². The van der Waals surface area contributed by atoms with Crippen molar-refractivity contribution in [2.24, 2.45) is 5.10 Å². The monoisotopic (exact) mass is 164 g/mol. The summed E-state index contributed by atoms with van der Waals surface area (Å²) in [4.78, 5) is 0. The first-order chi connectivity index (χ1) is 5.68. The Balaban J connectivity index is 2.65. The Morgan fingerprint density at radius 3 is 2.33 bits per heavy atom. The minimum Gasteiger partial charge on any atom is -0.508 e. The molecule has 0 aliphatic rings. The minimum atomic E-state index is 0.262. The standard InChI is InChI=1S/C9H12N2O/c1-7(2)10-11-8-3-5-9(12)6-4-8/h3-6,11-12H,1-2H3. The van der Waals surface area contributed by atoms with Crippen molar-refractivity contribution in [3.05, 3.63) is 24.3 Å². The first-order valence-electron chi connectivity index (χ1n) is 3.74. The third-order valence-electron chi connectivity index (χ3n) is 1.28. The van der Waals surface area contributed by atoms with Crippen molar-refractivity contribution >= 4 is 11.4 Å². The summed E-state index contributed by atoms with van der Waals surface area (Å²) in [5, 5.41) is 13.0. The van der Waals surface area contributed by atoms with Gasteiger partial charge in [0, 0.05) is 5.71 Å². The number of hydrogen-bond acceptors (Lipinski definition) is 3. The maximum Gasteiger partial charge on any atom is 0.115 e. The van der Waals surface area contributed by atoms with E-state index < -0.39 is 0 Å². The number of benzene rings is 1. The highest BCUT2D eigenvalue weighted by molar-refractivity contribution is 5.79. The van der Waals surface area contributed by atoms with Gasteiger partial charge in [-0.25, -0.2) is 0 Å². The number of hydrazone groups is 1. The van der Waals surface area contributed by atoms with Gasteiger partial charge in [-0.05, 0) is 38.1 Å². The first-order valence-corrected chi connectivity index (χ1v) is 3.74. The molecule has 12 heavy (non-hydrogen) atoms. The quantitative estimate of drug-likeness (QED) is 0.400. The zero-order valence-electron chi connectivity index (χ0n) is 7.20. The highest BCUT2D eigenvalue weighted by atomic mass is 16.3. The molecule has 0 aromatic heterocycles. The summed E-state index contributed by atoms with van der Waals surface area (Å²) in [5.74, 6) is 0.262. The van der Waals surface area contributed by atoms with Crippen LogP contribution in [0.5, 0.6) is 5.75 Å². The van der Waals surface area contributed by atoms with E-state index in [0.29, 0.717) is 0 Å². The van der Waals surface area contributed by atoms with Crippen LogP contribution >= 0.6 is 0 Å². The number of phenols is 1. The SMILES string of the molecule is CC(C)=NNc1ccc(O)cc1. The number of rotatable bonds is 2. The van der Waals surface area contributed by atoms with Crippen LogP contribution in [0.2, 0.25) is 0 Å². The minimum absolute atomic E-state index is 0.262. The normalized spacial score (nSPS) is 9.17. The Bertz CT molecular complexity index is 273. The number of phenolic OH excluding ortho intramolecular Hbond substituents is 1. The average molecular weight is 164 g/mol. The van der Waals surface area contributed by atoms with Crippen LogP contribution in [0.1, 0.15) is 13.8 Å². The van der Waals surface area contributed by atoms with Crippen molar-refractivity contribution in [3.63, 3.8) is 0 Å². The molecule has 0 saturated heterocycles. The molecule has 0 aliphatic heterocycles. The first kappa shape index (κ1) is 8.59. The molecule has 0 fully saturated rings. The summed E-state index contributed by atoms with van der Waals surface area (Å²) < 4.78 is 0. The van der Waals surface area contributed by atoms with E-state index >= 15 is 0 Å². The average Bonchev–Trinajstić information content (AvgIpc) is 2.03. The van der Waals surface area contributed by atoms with Crippen LogP contribution < -0.4 is 5.43 Å². The van der Waals surface area contributed by atoms with E-state index in [9.17, 15) is 0 Å². The largest absolute Gasteiger partial charge is 0.508 e. The van der Waals surface area contributed by atoms with E-state index in [0.717, 1.165) is 11.4 Å². The van der Waals surface area contributed by atoms with Gasteiger partial charge in [0.15, 0.2) is 0 Å². The second-order valence-electron chi connectivity index (χ2n) is 2.72. The smallest absolute Gasteiger partial charge is 0.115 e. The van der Waals surface area contributed by atoms with Gasteiger partial charge < -0.3 is 5.11 Å². The van der Waals surface area contributed by atoms with E-state index in [1.807, 2.05) is 13.8 Å². The third-order valence-corrected chi connectivity index (χ3v) is 1.28.